The number of rotatable bonds is 4. The van der Waals surface area contributed by atoms with Gasteiger partial charge in [-0.25, -0.2) is 4.98 Å². The van der Waals surface area contributed by atoms with Crippen molar-refractivity contribution < 1.29 is 14.3 Å². The fourth-order valence-electron chi connectivity index (χ4n) is 3.62. The van der Waals surface area contributed by atoms with E-state index in [4.69, 9.17) is 16.3 Å². The molecular weight excluding hydrogens is 392 g/mol. The molecule has 0 saturated carbocycles. The fraction of sp³-hybridized carbons (Fsp3) is 0.286. The van der Waals surface area contributed by atoms with Crippen LogP contribution in [-0.2, 0) is 16.6 Å². The molecule has 3 aromatic rings. The van der Waals surface area contributed by atoms with Gasteiger partial charge in [-0.15, -0.1) is 0 Å². The van der Waals surface area contributed by atoms with Crippen LogP contribution in [-0.4, -0.2) is 35.0 Å². The van der Waals surface area contributed by atoms with Crippen LogP contribution >= 0.6 is 11.6 Å². The average Bonchev–Trinajstić information content (AvgIpc) is 3.22. The van der Waals surface area contributed by atoms with Crippen molar-refractivity contribution in [1.82, 2.24) is 9.55 Å². The number of imidazole rings is 1. The van der Waals surface area contributed by atoms with E-state index in [9.17, 15) is 9.59 Å². The van der Waals surface area contributed by atoms with Crippen LogP contribution in [0, 0.1) is 12.8 Å². The van der Waals surface area contributed by atoms with Crippen LogP contribution in [0.3, 0.4) is 0 Å². The fourth-order valence-corrected chi connectivity index (χ4v) is 3.79. The molecule has 1 aliphatic heterocycles. The molecule has 7 nitrogen and oxygen atoms in total. The van der Waals surface area contributed by atoms with Crippen LogP contribution in [0.15, 0.2) is 36.4 Å². The van der Waals surface area contributed by atoms with Gasteiger partial charge in [0.05, 0.1) is 29.7 Å². The number of fused-ring (bicyclic) bond motifs is 1. The number of hydrogen-bond acceptors (Lipinski definition) is 4. The molecule has 2 aromatic carbocycles. The highest BCUT2D eigenvalue weighted by Gasteiger charge is 2.36. The minimum Gasteiger partial charge on any atom is -0.495 e. The summed E-state index contributed by atoms with van der Waals surface area (Å²) in [6.45, 7) is 2.24. The van der Waals surface area contributed by atoms with Gasteiger partial charge in [-0.3, -0.25) is 14.9 Å². The van der Waals surface area contributed by atoms with Gasteiger partial charge in [0.15, 0.2) is 0 Å². The maximum absolute atomic E-state index is 12.9. The third kappa shape index (κ3) is 3.53. The zero-order valence-electron chi connectivity index (χ0n) is 16.4. The summed E-state index contributed by atoms with van der Waals surface area (Å²) in [5.74, 6) is 0.211. The van der Waals surface area contributed by atoms with Crippen LogP contribution in [0.4, 0.5) is 11.6 Å². The monoisotopic (exact) mass is 412 g/mol. The van der Waals surface area contributed by atoms with E-state index < -0.39 is 5.92 Å². The molecule has 1 saturated heterocycles. The van der Waals surface area contributed by atoms with Crippen molar-refractivity contribution in [3.05, 3.63) is 47.0 Å². The highest BCUT2D eigenvalue weighted by atomic mass is 35.5. The Morgan fingerprint density at radius 1 is 1.28 bits per heavy atom. The van der Waals surface area contributed by atoms with E-state index in [1.807, 2.05) is 38.2 Å². The third-order valence-electron chi connectivity index (χ3n) is 5.20. The number of nitrogens with zero attached hydrogens (tertiary/aromatic N) is 3. The Hall–Kier alpha value is -3.06. The molecule has 0 aliphatic carbocycles. The summed E-state index contributed by atoms with van der Waals surface area (Å²) in [5, 5.41) is 3.43. The number of aromatic nitrogens is 2. The largest absolute Gasteiger partial charge is 0.495 e. The first-order valence-electron chi connectivity index (χ1n) is 9.25. The minimum absolute atomic E-state index is 0.106. The molecule has 2 heterocycles. The molecular formula is C21H21ClN4O3. The van der Waals surface area contributed by atoms with Gasteiger partial charge < -0.3 is 14.2 Å². The van der Waals surface area contributed by atoms with E-state index in [1.165, 1.54) is 0 Å². The number of anilines is 2. The van der Waals surface area contributed by atoms with Crippen molar-refractivity contribution in [1.29, 1.82) is 0 Å². The molecule has 1 aliphatic rings. The molecule has 0 radical (unpaired) electrons. The second kappa shape index (κ2) is 7.40. The first-order valence-corrected chi connectivity index (χ1v) is 9.63. The number of methoxy groups -OCH3 is 1. The zero-order chi connectivity index (χ0) is 20.7. The second-order valence-corrected chi connectivity index (χ2v) is 7.63. The van der Waals surface area contributed by atoms with Crippen molar-refractivity contribution in [2.45, 2.75) is 13.3 Å². The smallest absolute Gasteiger partial charge is 0.232 e. The molecule has 150 valence electrons. The predicted molar refractivity (Wildman–Crippen MR) is 113 cm³/mol. The first kappa shape index (κ1) is 19.3. The van der Waals surface area contributed by atoms with Gasteiger partial charge in [-0.2, -0.15) is 0 Å². The molecule has 0 spiro atoms. The molecule has 1 N–H and O–H groups in total. The van der Waals surface area contributed by atoms with Gasteiger partial charge in [0.25, 0.3) is 0 Å². The third-order valence-corrected chi connectivity index (χ3v) is 5.43. The van der Waals surface area contributed by atoms with Crippen molar-refractivity contribution in [2.75, 3.05) is 23.9 Å². The SMILES string of the molecule is COc1ccc(C)cc1N1CC(C(=O)Nc2nc3cc(Cl)ccc3n2C)CC1=O. The molecule has 1 fully saturated rings. The Labute approximate surface area is 173 Å². The number of carbonyl (C=O) groups is 2. The van der Waals surface area contributed by atoms with Crippen LogP contribution < -0.4 is 15.0 Å². The summed E-state index contributed by atoms with van der Waals surface area (Å²) in [4.78, 5) is 31.5. The number of carbonyl (C=O) groups excluding carboxylic acids is 2. The number of halogens is 1. The molecule has 2 amide bonds. The zero-order valence-corrected chi connectivity index (χ0v) is 17.2. The molecule has 1 atom stereocenters. The summed E-state index contributed by atoms with van der Waals surface area (Å²) < 4.78 is 7.19. The van der Waals surface area contributed by atoms with E-state index >= 15 is 0 Å². The van der Waals surface area contributed by atoms with E-state index in [0.717, 1.165) is 11.1 Å². The average molecular weight is 413 g/mol. The number of aryl methyl sites for hydroxylation is 2. The Bertz CT molecular complexity index is 1120. The highest BCUT2D eigenvalue weighted by Crippen LogP contribution is 2.34. The lowest BCUT2D eigenvalue weighted by Gasteiger charge is -2.20. The second-order valence-electron chi connectivity index (χ2n) is 7.20. The van der Waals surface area contributed by atoms with E-state index in [2.05, 4.69) is 10.3 Å². The Balaban J connectivity index is 1.55. The molecule has 4 rings (SSSR count). The van der Waals surface area contributed by atoms with Gasteiger partial charge in [-0.1, -0.05) is 17.7 Å². The Morgan fingerprint density at radius 2 is 2.07 bits per heavy atom. The predicted octanol–water partition coefficient (Wildman–Crippen LogP) is 3.54. The maximum atomic E-state index is 12.9. The van der Waals surface area contributed by atoms with Crippen LogP contribution in [0.25, 0.3) is 11.0 Å². The number of benzene rings is 2. The number of nitrogens with one attached hydrogen (secondary N) is 1. The van der Waals surface area contributed by atoms with Crippen LogP contribution in [0.5, 0.6) is 5.75 Å². The van der Waals surface area contributed by atoms with Crippen LogP contribution in [0.1, 0.15) is 12.0 Å². The Kier molecular flexibility index (Phi) is 4.92. The number of ether oxygens (including phenoxy) is 1. The van der Waals surface area contributed by atoms with Crippen LogP contribution in [0.2, 0.25) is 5.02 Å². The van der Waals surface area contributed by atoms with Gasteiger partial charge in [0.1, 0.15) is 5.75 Å². The van der Waals surface area contributed by atoms with Gasteiger partial charge in [0.2, 0.25) is 17.8 Å². The van der Waals surface area contributed by atoms with E-state index in [-0.39, 0.29) is 18.2 Å². The van der Waals surface area contributed by atoms with Crippen molar-refractivity contribution in [2.24, 2.45) is 13.0 Å². The molecule has 29 heavy (non-hydrogen) atoms. The lowest BCUT2D eigenvalue weighted by molar-refractivity contribution is -0.122. The van der Waals surface area contributed by atoms with Gasteiger partial charge >= 0.3 is 0 Å². The lowest BCUT2D eigenvalue weighted by atomic mass is 10.1. The summed E-state index contributed by atoms with van der Waals surface area (Å²) in [6, 6.07) is 11.0. The molecule has 0 bridgehead atoms. The van der Waals surface area contributed by atoms with Crippen molar-refractivity contribution in [3.63, 3.8) is 0 Å². The molecule has 1 aromatic heterocycles. The highest BCUT2D eigenvalue weighted by molar-refractivity contribution is 6.31. The van der Waals surface area contributed by atoms with E-state index in [0.29, 0.717) is 34.5 Å². The molecule has 8 heteroatoms. The first-order chi connectivity index (χ1) is 13.9. The summed E-state index contributed by atoms with van der Waals surface area (Å²) in [6.07, 6.45) is 0.138. The number of hydrogen-bond donors (Lipinski definition) is 1. The normalized spacial score (nSPS) is 16.5. The van der Waals surface area contributed by atoms with Gasteiger partial charge in [-0.05, 0) is 42.8 Å². The number of amides is 2. The Morgan fingerprint density at radius 3 is 2.83 bits per heavy atom. The maximum Gasteiger partial charge on any atom is 0.232 e. The lowest BCUT2D eigenvalue weighted by Crippen LogP contribution is -2.29. The standard InChI is InChI=1S/C21H21ClN4O3/c1-12-4-7-18(29-3)17(8-12)26-11-13(9-19(26)27)20(28)24-21-23-15-10-14(22)5-6-16(15)25(21)2/h4-8,10,13H,9,11H2,1-3H3,(H,23,24,28). The quantitative estimate of drug-likeness (QED) is 0.711. The summed E-state index contributed by atoms with van der Waals surface area (Å²) in [5.41, 5.74) is 3.26. The summed E-state index contributed by atoms with van der Waals surface area (Å²) >= 11 is 6.03. The topological polar surface area (TPSA) is 76.5 Å². The van der Waals surface area contributed by atoms with E-state index in [1.54, 1.807) is 28.7 Å². The molecule has 1 unspecified atom stereocenters. The van der Waals surface area contributed by atoms with Gasteiger partial charge in [0, 0.05) is 25.0 Å². The van der Waals surface area contributed by atoms with Crippen molar-refractivity contribution >= 4 is 46.1 Å². The summed E-state index contributed by atoms with van der Waals surface area (Å²) in [7, 11) is 3.39. The minimum atomic E-state index is -0.476. The van der Waals surface area contributed by atoms with Crippen molar-refractivity contribution in [3.8, 4) is 5.75 Å².